The molecule has 0 radical (unpaired) electrons. The molecule has 27 heavy (non-hydrogen) atoms. The Kier molecular flexibility index (Phi) is 8.05. The average Bonchev–Trinajstić information content (AvgIpc) is 2.63. The van der Waals surface area contributed by atoms with Crippen LogP contribution < -0.4 is 20.8 Å². The van der Waals surface area contributed by atoms with Crippen molar-refractivity contribution in [1.82, 2.24) is 14.9 Å². The van der Waals surface area contributed by atoms with Crippen molar-refractivity contribution in [3.63, 3.8) is 0 Å². The number of nitrogens with zero attached hydrogens (tertiary/aromatic N) is 2. The molecule has 0 bridgehead atoms. The van der Waals surface area contributed by atoms with E-state index < -0.39 is 6.04 Å². The average molecular weight is 399 g/mol. The summed E-state index contributed by atoms with van der Waals surface area (Å²) in [5.74, 6) is 1.18. The van der Waals surface area contributed by atoms with Gasteiger partial charge in [0.1, 0.15) is 5.82 Å². The summed E-state index contributed by atoms with van der Waals surface area (Å²) >= 11 is 0. The van der Waals surface area contributed by atoms with Crippen LogP contribution in [0.25, 0.3) is 10.9 Å². The molecule has 3 N–H and O–H groups in total. The van der Waals surface area contributed by atoms with E-state index in [2.05, 4.69) is 9.97 Å². The first-order valence-electron chi connectivity index (χ1n) is 8.51. The largest absolute Gasteiger partial charge is 0.493 e. The normalized spacial score (nSPS) is 11.8. The highest BCUT2D eigenvalue weighted by Crippen LogP contribution is 2.29. The molecule has 0 spiro atoms. The van der Waals surface area contributed by atoms with Gasteiger partial charge in [0, 0.05) is 12.6 Å². The summed E-state index contributed by atoms with van der Waals surface area (Å²) < 4.78 is 10.5. The molecule has 2 rings (SSSR count). The van der Waals surface area contributed by atoms with Crippen molar-refractivity contribution in [2.45, 2.75) is 33.4 Å². The second-order valence-corrected chi connectivity index (χ2v) is 6.36. The van der Waals surface area contributed by atoms with Crippen LogP contribution in [-0.2, 0) is 11.3 Å². The summed E-state index contributed by atoms with van der Waals surface area (Å²) in [6.07, 6.45) is 0. The van der Waals surface area contributed by atoms with Gasteiger partial charge in [-0.1, -0.05) is 13.8 Å². The SMILES string of the molecule is CCN(Cc1nc2cc(OC)c(OC)cc2c(=O)[nH]1)C(=O)C(N)C(C)C.Cl. The first-order valence-corrected chi connectivity index (χ1v) is 8.51. The van der Waals surface area contributed by atoms with Gasteiger partial charge in [0.2, 0.25) is 5.91 Å². The van der Waals surface area contributed by atoms with Crippen LogP contribution in [-0.4, -0.2) is 47.6 Å². The standard InChI is InChI=1S/C18H26N4O4.ClH/c1-6-22(18(24)16(19)10(2)3)9-15-20-12-8-14(26-5)13(25-4)7-11(12)17(23)21-15;/h7-8,10,16H,6,9,19H2,1-5H3,(H,20,21,23);1H. The van der Waals surface area contributed by atoms with Crippen molar-refractivity contribution in [2.24, 2.45) is 11.7 Å². The molecular formula is C18H27ClN4O4. The molecule has 2 aromatic rings. The molecular weight excluding hydrogens is 372 g/mol. The van der Waals surface area contributed by atoms with Gasteiger partial charge in [0.05, 0.1) is 37.7 Å². The van der Waals surface area contributed by atoms with E-state index in [0.717, 1.165) is 0 Å². The molecule has 0 saturated carbocycles. The van der Waals surface area contributed by atoms with Gasteiger partial charge in [-0.2, -0.15) is 0 Å². The summed E-state index contributed by atoms with van der Waals surface area (Å²) in [5, 5.41) is 0.389. The molecule has 0 aliphatic rings. The lowest BCUT2D eigenvalue weighted by Crippen LogP contribution is -2.46. The molecule has 1 heterocycles. The number of fused-ring (bicyclic) bond motifs is 1. The molecule has 1 unspecified atom stereocenters. The van der Waals surface area contributed by atoms with Crippen molar-refractivity contribution in [3.8, 4) is 11.5 Å². The number of carbonyl (C=O) groups is 1. The van der Waals surface area contributed by atoms with Crippen LogP contribution in [0.15, 0.2) is 16.9 Å². The summed E-state index contributed by atoms with van der Waals surface area (Å²) in [4.78, 5) is 33.7. The van der Waals surface area contributed by atoms with Crippen molar-refractivity contribution >= 4 is 29.2 Å². The molecule has 1 aromatic carbocycles. The second kappa shape index (κ2) is 9.57. The number of nitrogens with one attached hydrogen (secondary N) is 1. The maximum absolute atomic E-state index is 12.5. The second-order valence-electron chi connectivity index (χ2n) is 6.36. The highest BCUT2D eigenvalue weighted by molar-refractivity contribution is 5.85. The van der Waals surface area contributed by atoms with E-state index in [1.165, 1.54) is 14.2 Å². The number of hydrogen-bond donors (Lipinski definition) is 2. The quantitative estimate of drug-likeness (QED) is 0.734. The maximum atomic E-state index is 12.5. The molecule has 9 heteroatoms. The van der Waals surface area contributed by atoms with Crippen LogP contribution in [0.2, 0.25) is 0 Å². The van der Waals surface area contributed by atoms with E-state index in [4.69, 9.17) is 15.2 Å². The van der Waals surface area contributed by atoms with Crippen LogP contribution in [0, 0.1) is 5.92 Å². The number of aromatic nitrogens is 2. The number of halogens is 1. The van der Waals surface area contributed by atoms with E-state index >= 15 is 0 Å². The van der Waals surface area contributed by atoms with E-state index in [1.807, 2.05) is 20.8 Å². The molecule has 0 aliphatic heterocycles. The van der Waals surface area contributed by atoms with Crippen molar-refractivity contribution in [2.75, 3.05) is 20.8 Å². The number of methoxy groups -OCH3 is 2. The lowest BCUT2D eigenvalue weighted by Gasteiger charge is -2.25. The smallest absolute Gasteiger partial charge is 0.258 e. The fourth-order valence-corrected chi connectivity index (χ4v) is 2.61. The molecule has 1 aromatic heterocycles. The first kappa shape index (κ1) is 22.7. The van der Waals surface area contributed by atoms with E-state index in [-0.39, 0.29) is 36.3 Å². The zero-order valence-corrected chi connectivity index (χ0v) is 17.1. The monoisotopic (exact) mass is 398 g/mol. The Hall–Kier alpha value is -2.32. The van der Waals surface area contributed by atoms with Gasteiger partial charge in [0.25, 0.3) is 5.56 Å². The number of carbonyl (C=O) groups excluding carboxylic acids is 1. The van der Waals surface area contributed by atoms with Gasteiger partial charge in [-0.25, -0.2) is 4.98 Å². The summed E-state index contributed by atoms with van der Waals surface area (Å²) in [5.41, 5.74) is 6.13. The molecule has 1 atom stereocenters. The lowest BCUT2D eigenvalue weighted by atomic mass is 10.0. The minimum Gasteiger partial charge on any atom is -0.493 e. The topological polar surface area (TPSA) is 111 Å². The number of rotatable bonds is 7. The number of ether oxygens (including phenoxy) is 2. The van der Waals surface area contributed by atoms with Gasteiger partial charge < -0.3 is 25.1 Å². The predicted molar refractivity (Wildman–Crippen MR) is 107 cm³/mol. The van der Waals surface area contributed by atoms with Gasteiger partial charge in [-0.3, -0.25) is 9.59 Å². The minimum atomic E-state index is -0.591. The molecule has 0 saturated heterocycles. The van der Waals surface area contributed by atoms with Gasteiger partial charge in [0.15, 0.2) is 11.5 Å². The summed E-state index contributed by atoms with van der Waals surface area (Å²) in [6, 6.07) is 2.64. The minimum absolute atomic E-state index is 0. The Labute approximate surface area is 164 Å². The summed E-state index contributed by atoms with van der Waals surface area (Å²) in [6.45, 7) is 6.29. The van der Waals surface area contributed by atoms with Gasteiger partial charge in [-0.05, 0) is 18.9 Å². The number of amides is 1. The van der Waals surface area contributed by atoms with Crippen molar-refractivity contribution in [3.05, 3.63) is 28.3 Å². The number of likely N-dealkylation sites (N-methyl/N-ethyl adjacent to an activating group) is 1. The Bertz CT molecular complexity index is 853. The van der Waals surface area contributed by atoms with E-state index in [0.29, 0.717) is 34.8 Å². The van der Waals surface area contributed by atoms with Crippen molar-refractivity contribution < 1.29 is 14.3 Å². The summed E-state index contributed by atoms with van der Waals surface area (Å²) in [7, 11) is 3.02. The van der Waals surface area contributed by atoms with Crippen LogP contribution >= 0.6 is 12.4 Å². The number of benzene rings is 1. The zero-order chi connectivity index (χ0) is 19.4. The third kappa shape index (κ3) is 4.90. The molecule has 1 amide bonds. The number of H-pyrrole nitrogens is 1. The Morgan fingerprint density at radius 1 is 1.26 bits per heavy atom. The first-order chi connectivity index (χ1) is 12.3. The number of nitrogens with two attached hydrogens (primary N) is 1. The number of aromatic amines is 1. The zero-order valence-electron chi connectivity index (χ0n) is 16.2. The van der Waals surface area contributed by atoms with Crippen LogP contribution in [0.5, 0.6) is 11.5 Å². The van der Waals surface area contributed by atoms with Gasteiger partial charge in [-0.15, -0.1) is 12.4 Å². The van der Waals surface area contributed by atoms with E-state index in [1.54, 1.807) is 17.0 Å². The number of hydrogen-bond acceptors (Lipinski definition) is 6. The Balaban J connectivity index is 0.00000364. The van der Waals surface area contributed by atoms with Crippen LogP contribution in [0.1, 0.15) is 26.6 Å². The maximum Gasteiger partial charge on any atom is 0.258 e. The predicted octanol–water partition coefficient (Wildman–Crippen LogP) is 1.69. The van der Waals surface area contributed by atoms with Crippen molar-refractivity contribution in [1.29, 1.82) is 0 Å². The fourth-order valence-electron chi connectivity index (χ4n) is 2.61. The lowest BCUT2D eigenvalue weighted by molar-refractivity contribution is -0.134. The highest BCUT2D eigenvalue weighted by Gasteiger charge is 2.23. The van der Waals surface area contributed by atoms with Crippen LogP contribution in [0.3, 0.4) is 0 Å². The highest BCUT2D eigenvalue weighted by atomic mass is 35.5. The third-order valence-electron chi connectivity index (χ3n) is 4.30. The molecule has 0 aliphatic carbocycles. The van der Waals surface area contributed by atoms with Crippen LogP contribution in [0.4, 0.5) is 0 Å². The third-order valence-corrected chi connectivity index (χ3v) is 4.30. The molecule has 150 valence electrons. The fraction of sp³-hybridized carbons (Fsp3) is 0.500. The molecule has 8 nitrogen and oxygen atoms in total. The van der Waals surface area contributed by atoms with Gasteiger partial charge >= 0.3 is 0 Å². The molecule has 0 fully saturated rings. The Morgan fingerprint density at radius 2 is 1.85 bits per heavy atom. The van der Waals surface area contributed by atoms with E-state index in [9.17, 15) is 9.59 Å². The Morgan fingerprint density at radius 3 is 2.37 bits per heavy atom.